The van der Waals surface area contributed by atoms with Crippen LogP contribution in [0.1, 0.15) is 31.9 Å². The fourth-order valence-electron chi connectivity index (χ4n) is 3.06. The first kappa shape index (κ1) is 16.9. The summed E-state index contributed by atoms with van der Waals surface area (Å²) in [7, 11) is 0. The number of carbonyl (C=O) groups excluding carboxylic acids is 1. The van der Waals surface area contributed by atoms with Crippen molar-refractivity contribution in [3.8, 4) is 0 Å². The minimum atomic E-state index is -0.595. The number of aliphatic hydroxyl groups is 1. The Morgan fingerprint density at radius 1 is 1.36 bits per heavy atom. The molecule has 3 N–H and O–H groups in total. The monoisotopic (exact) mass is 305 g/mol. The van der Waals surface area contributed by atoms with Crippen LogP contribution in [0.25, 0.3) is 0 Å². The first-order valence-electron chi connectivity index (χ1n) is 8.04. The van der Waals surface area contributed by atoms with Crippen LogP contribution in [-0.2, 0) is 4.79 Å². The molecule has 122 valence electrons. The number of piperazine rings is 1. The van der Waals surface area contributed by atoms with Crippen LogP contribution in [0.15, 0.2) is 30.3 Å². The van der Waals surface area contributed by atoms with Gasteiger partial charge in [-0.3, -0.25) is 9.69 Å². The van der Waals surface area contributed by atoms with Gasteiger partial charge in [0.1, 0.15) is 6.04 Å². The van der Waals surface area contributed by atoms with Crippen molar-refractivity contribution in [2.75, 3.05) is 26.2 Å². The zero-order valence-corrected chi connectivity index (χ0v) is 13.5. The lowest BCUT2D eigenvalue weighted by atomic mass is 10.0. The Kier molecular flexibility index (Phi) is 5.94. The van der Waals surface area contributed by atoms with E-state index >= 15 is 0 Å². The third kappa shape index (κ3) is 4.06. The number of rotatable bonds is 5. The lowest BCUT2D eigenvalue weighted by Gasteiger charge is -2.42. The van der Waals surface area contributed by atoms with Crippen LogP contribution in [0, 0.1) is 0 Å². The van der Waals surface area contributed by atoms with Gasteiger partial charge in [-0.15, -0.1) is 0 Å². The highest BCUT2D eigenvalue weighted by atomic mass is 16.3. The molecular weight excluding hydrogens is 278 g/mol. The molecule has 1 aromatic carbocycles. The Hall–Kier alpha value is -1.43. The van der Waals surface area contributed by atoms with E-state index in [0.717, 1.165) is 18.5 Å². The molecule has 1 fully saturated rings. The Morgan fingerprint density at radius 3 is 2.64 bits per heavy atom. The molecule has 1 saturated heterocycles. The van der Waals surface area contributed by atoms with Crippen molar-refractivity contribution in [3.63, 3.8) is 0 Å². The van der Waals surface area contributed by atoms with Crippen LogP contribution < -0.4 is 5.73 Å². The van der Waals surface area contributed by atoms with E-state index in [1.165, 1.54) is 0 Å². The van der Waals surface area contributed by atoms with Crippen molar-refractivity contribution in [1.82, 2.24) is 9.80 Å². The molecule has 0 aliphatic carbocycles. The lowest BCUT2D eigenvalue weighted by Crippen LogP contribution is -2.57. The second-order valence-electron chi connectivity index (χ2n) is 6.08. The van der Waals surface area contributed by atoms with Gasteiger partial charge in [0, 0.05) is 32.2 Å². The van der Waals surface area contributed by atoms with Crippen LogP contribution in [0.5, 0.6) is 0 Å². The quantitative estimate of drug-likeness (QED) is 0.851. The Morgan fingerprint density at radius 2 is 2.05 bits per heavy atom. The van der Waals surface area contributed by atoms with Crippen LogP contribution in [-0.4, -0.2) is 59.1 Å². The largest absolute Gasteiger partial charge is 0.392 e. The molecule has 22 heavy (non-hydrogen) atoms. The summed E-state index contributed by atoms with van der Waals surface area (Å²) in [5.41, 5.74) is 6.98. The number of aliphatic hydroxyl groups excluding tert-OH is 1. The molecule has 1 heterocycles. The van der Waals surface area contributed by atoms with Gasteiger partial charge >= 0.3 is 0 Å². The number of benzene rings is 1. The normalized spacial score (nSPS) is 22.4. The maximum atomic E-state index is 12.6. The summed E-state index contributed by atoms with van der Waals surface area (Å²) in [5.74, 6) is -0.0126. The number of amides is 1. The second-order valence-corrected chi connectivity index (χ2v) is 6.08. The average Bonchev–Trinajstić information content (AvgIpc) is 2.54. The van der Waals surface area contributed by atoms with Crippen molar-refractivity contribution < 1.29 is 9.90 Å². The van der Waals surface area contributed by atoms with E-state index in [0.29, 0.717) is 19.6 Å². The summed E-state index contributed by atoms with van der Waals surface area (Å²) in [6.07, 6.45) is 0.611. The molecule has 3 atom stereocenters. The molecule has 0 saturated carbocycles. The Balaban J connectivity index is 2.00. The van der Waals surface area contributed by atoms with Crippen LogP contribution >= 0.6 is 0 Å². The predicted octanol–water partition coefficient (Wildman–Crippen LogP) is 0.990. The van der Waals surface area contributed by atoms with E-state index in [-0.39, 0.29) is 18.1 Å². The van der Waals surface area contributed by atoms with E-state index in [2.05, 4.69) is 11.8 Å². The summed E-state index contributed by atoms with van der Waals surface area (Å²) < 4.78 is 0. The first-order valence-corrected chi connectivity index (χ1v) is 8.04. The van der Waals surface area contributed by atoms with Crippen molar-refractivity contribution >= 4 is 5.91 Å². The molecule has 5 heteroatoms. The van der Waals surface area contributed by atoms with Gasteiger partial charge in [-0.2, -0.15) is 0 Å². The first-order chi connectivity index (χ1) is 10.5. The average molecular weight is 305 g/mol. The van der Waals surface area contributed by atoms with Gasteiger partial charge < -0.3 is 15.7 Å². The third-order valence-corrected chi connectivity index (χ3v) is 4.31. The Bertz CT molecular complexity index is 478. The fourth-order valence-corrected chi connectivity index (χ4v) is 3.06. The summed E-state index contributed by atoms with van der Waals surface area (Å²) in [4.78, 5) is 16.8. The molecule has 1 aliphatic heterocycles. The Labute approximate surface area is 132 Å². The maximum absolute atomic E-state index is 12.6. The molecule has 0 radical (unpaired) electrons. The molecule has 2 rings (SSSR count). The molecular formula is C17H27N3O2. The minimum absolute atomic E-state index is 0.0126. The van der Waals surface area contributed by atoms with E-state index in [9.17, 15) is 9.90 Å². The van der Waals surface area contributed by atoms with Gasteiger partial charge in [-0.25, -0.2) is 0 Å². The molecule has 1 amide bonds. The zero-order valence-electron chi connectivity index (χ0n) is 13.5. The topological polar surface area (TPSA) is 69.8 Å². The van der Waals surface area contributed by atoms with Gasteiger partial charge in [0.25, 0.3) is 0 Å². The molecule has 3 unspecified atom stereocenters. The number of hydrogen-bond acceptors (Lipinski definition) is 4. The van der Waals surface area contributed by atoms with Gasteiger partial charge in [0.15, 0.2) is 0 Å². The second kappa shape index (κ2) is 7.72. The number of carbonyl (C=O) groups is 1. The minimum Gasteiger partial charge on any atom is -0.392 e. The number of nitrogens with two attached hydrogens (primary N) is 1. The molecule has 1 aromatic rings. The van der Waals surface area contributed by atoms with Crippen LogP contribution in [0.3, 0.4) is 0 Å². The lowest BCUT2D eigenvalue weighted by molar-refractivity contribution is -0.136. The van der Waals surface area contributed by atoms with E-state index in [4.69, 9.17) is 5.73 Å². The van der Waals surface area contributed by atoms with Crippen molar-refractivity contribution in [2.24, 2.45) is 5.73 Å². The highest BCUT2D eigenvalue weighted by molar-refractivity contribution is 5.83. The summed E-state index contributed by atoms with van der Waals surface area (Å²) >= 11 is 0. The van der Waals surface area contributed by atoms with E-state index in [1.807, 2.05) is 35.2 Å². The van der Waals surface area contributed by atoms with Gasteiger partial charge in [0.2, 0.25) is 5.91 Å². The fraction of sp³-hybridized carbons (Fsp3) is 0.588. The molecule has 1 aliphatic rings. The van der Waals surface area contributed by atoms with Gasteiger partial charge in [0.05, 0.1) is 6.10 Å². The van der Waals surface area contributed by atoms with Crippen molar-refractivity contribution in [2.45, 2.75) is 38.5 Å². The molecule has 0 bridgehead atoms. The van der Waals surface area contributed by atoms with E-state index in [1.54, 1.807) is 6.92 Å². The van der Waals surface area contributed by atoms with Crippen LogP contribution in [0.4, 0.5) is 0 Å². The number of nitrogens with zero attached hydrogens (tertiary/aromatic N) is 2. The third-order valence-electron chi connectivity index (χ3n) is 4.31. The number of β-amino-alcohol motifs (C(OH)–C–C–N with tert-alkyl or cyclic N) is 1. The predicted molar refractivity (Wildman–Crippen MR) is 87.3 cm³/mol. The maximum Gasteiger partial charge on any atom is 0.244 e. The van der Waals surface area contributed by atoms with Crippen LogP contribution in [0.2, 0.25) is 0 Å². The SMILES string of the molecule is CCC1CN(C(=O)C(N)c2ccccc2)CCN1CC(C)O. The summed E-state index contributed by atoms with van der Waals surface area (Å²) in [6.45, 7) is 6.72. The smallest absolute Gasteiger partial charge is 0.244 e. The van der Waals surface area contributed by atoms with Crippen molar-refractivity contribution in [1.29, 1.82) is 0 Å². The van der Waals surface area contributed by atoms with E-state index < -0.39 is 6.04 Å². The van der Waals surface area contributed by atoms with Gasteiger partial charge in [-0.05, 0) is 18.9 Å². The van der Waals surface area contributed by atoms with Gasteiger partial charge in [-0.1, -0.05) is 37.3 Å². The molecule has 0 spiro atoms. The van der Waals surface area contributed by atoms with Crippen molar-refractivity contribution in [3.05, 3.63) is 35.9 Å². The highest BCUT2D eigenvalue weighted by Crippen LogP contribution is 2.18. The molecule has 5 nitrogen and oxygen atoms in total. The zero-order chi connectivity index (χ0) is 16.1. The summed E-state index contributed by atoms with van der Waals surface area (Å²) in [6, 6.07) is 9.20. The molecule has 0 aromatic heterocycles. The summed E-state index contributed by atoms with van der Waals surface area (Å²) in [5, 5.41) is 9.59. The number of hydrogen-bond donors (Lipinski definition) is 2. The highest BCUT2D eigenvalue weighted by Gasteiger charge is 2.31. The standard InChI is InChI=1S/C17H27N3O2/c1-3-15-12-20(10-9-19(15)11-13(2)21)17(22)16(18)14-7-5-4-6-8-14/h4-8,13,15-16,21H,3,9-12,18H2,1-2H3.